The SMILES string of the molecule is CC=Cc1ccc(I)nc1. The summed E-state index contributed by atoms with van der Waals surface area (Å²) in [6.45, 7) is 2.00. The van der Waals surface area contributed by atoms with Gasteiger partial charge in [0, 0.05) is 6.20 Å². The molecule has 2 heteroatoms. The van der Waals surface area contributed by atoms with Gasteiger partial charge >= 0.3 is 0 Å². The Hall–Kier alpha value is -0.380. The zero-order chi connectivity index (χ0) is 7.40. The van der Waals surface area contributed by atoms with Crippen molar-refractivity contribution in [2.45, 2.75) is 6.92 Å². The van der Waals surface area contributed by atoms with Crippen molar-refractivity contribution < 1.29 is 0 Å². The van der Waals surface area contributed by atoms with E-state index in [2.05, 4.69) is 33.6 Å². The Labute approximate surface area is 74.3 Å². The van der Waals surface area contributed by atoms with Gasteiger partial charge in [0.05, 0.1) is 0 Å². The van der Waals surface area contributed by atoms with Gasteiger partial charge in [0.25, 0.3) is 0 Å². The third-order valence-corrected chi connectivity index (χ3v) is 1.75. The van der Waals surface area contributed by atoms with E-state index < -0.39 is 0 Å². The number of nitrogens with zero attached hydrogens (tertiary/aromatic N) is 1. The topological polar surface area (TPSA) is 12.9 Å². The van der Waals surface area contributed by atoms with Crippen LogP contribution in [-0.4, -0.2) is 4.98 Å². The van der Waals surface area contributed by atoms with E-state index in [1.165, 1.54) is 0 Å². The molecule has 1 aromatic heterocycles. The van der Waals surface area contributed by atoms with E-state index in [0.29, 0.717) is 0 Å². The molecule has 1 aromatic rings. The highest BCUT2D eigenvalue weighted by Gasteiger charge is 1.85. The highest BCUT2D eigenvalue weighted by Crippen LogP contribution is 2.03. The maximum absolute atomic E-state index is 4.13. The lowest BCUT2D eigenvalue weighted by Crippen LogP contribution is -1.78. The first kappa shape index (κ1) is 7.72. The van der Waals surface area contributed by atoms with Gasteiger partial charge in [0.1, 0.15) is 3.70 Å². The van der Waals surface area contributed by atoms with Crippen molar-refractivity contribution in [1.82, 2.24) is 4.98 Å². The molecule has 1 nitrogen and oxygen atoms in total. The number of hydrogen-bond donors (Lipinski definition) is 0. The van der Waals surface area contributed by atoms with E-state index in [9.17, 15) is 0 Å². The smallest absolute Gasteiger partial charge is 0.101 e. The van der Waals surface area contributed by atoms with Crippen LogP contribution in [0.4, 0.5) is 0 Å². The van der Waals surface area contributed by atoms with Gasteiger partial charge in [-0.3, -0.25) is 0 Å². The molecule has 0 radical (unpaired) electrons. The maximum Gasteiger partial charge on any atom is 0.101 e. The van der Waals surface area contributed by atoms with Crippen LogP contribution in [0.1, 0.15) is 12.5 Å². The second-order valence-corrected chi connectivity index (χ2v) is 3.02. The summed E-state index contributed by atoms with van der Waals surface area (Å²) in [7, 11) is 0. The largest absolute Gasteiger partial charge is 0.250 e. The monoisotopic (exact) mass is 245 g/mol. The van der Waals surface area contributed by atoms with Gasteiger partial charge in [-0.1, -0.05) is 18.2 Å². The minimum absolute atomic E-state index is 1.03. The summed E-state index contributed by atoms with van der Waals surface area (Å²) >= 11 is 2.19. The molecular weight excluding hydrogens is 237 g/mol. The quantitative estimate of drug-likeness (QED) is 0.547. The van der Waals surface area contributed by atoms with Gasteiger partial charge in [0.2, 0.25) is 0 Å². The Bertz CT molecular complexity index is 226. The molecular formula is C8H8IN. The Kier molecular flexibility index (Phi) is 2.86. The number of halogens is 1. The Morgan fingerprint density at radius 2 is 2.30 bits per heavy atom. The van der Waals surface area contributed by atoms with Gasteiger partial charge in [-0.2, -0.15) is 0 Å². The molecule has 0 saturated heterocycles. The third kappa shape index (κ3) is 2.10. The second kappa shape index (κ2) is 3.71. The van der Waals surface area contributed by atoms with Crippen molar-refractivity contribution in [1.29, 1.82) is 0 Å². The Balaban J connectivity index is 2.89. The van der Waals surface area contributed by atoms with Gasteiger partial charge in [-0.25, -0.2) is 4.98 Å². The first-order valence-electron chi connectivity index (χ1n) is 3.07. The molecule has 0 atom stereocenters. The van der Waals surface area contributed by atoms with E-state index >= 15 is 0 Å². The summed E-state index contributed by atoms with van der Waals surface area (Å²) in [5, 5.41) is 0. The average Bonchev–Trinajstić information content (AvgIpc) is 1.95. The molecule has 0 bridgehead atoms. The van der Waals surface area contributed by atoms with Crippen LogP contribution in [0.25, 0.3) is 6.08 Å². The molecule has 0 spiro atoms. The predicted octanol–water partition coefficient (Wildman–Crippen LogP) is 2.72. The van der Waals surface area contributed by atoms with Crippen molar-refractivity contribution in [2.24, 2.45) is 0 Å². The minimum Gasteiger partial charge on any atom is -0.250 e. The molecule has 52 valence electrons. The van der Waals surface area contributed by atoms with Crippen molar-refractivity contribution in [3.8, 4) is 0 Å². The number of pyridine rings is 1. The van der Waals surface area contributed by atoms with Crippen LogP contribution in [0.15, 0.2) is 24.4 Å². The zero-order valence-electron chi connectivity index (χ0n) is 5.71. The summed E-state index contributed by atoms with van der Waals surface area (Å²) in [4.78, 5) is 4.13. The zero-order valence-corrected chi connectivity index (χ0v) is 7.87. The molecule has 0 fully saturated rings. The summed E-state index contributed by atoms with van der Waals surface area (Å²) in [5.74, 6) is 0. The molecule has 0 aliphatic rings. The normalized spacial score (nSPS) is 10.6. The molecule has 0 saturated carbocycles. The highest BCUT2D eigenvalue weighted by molar-refractivity contribution is 14.1. The van der Waals surface area contributed by atoms with E-state index in [1.807, 2.05) is 31.3 Å². The Morgan fingerprint density at radius 1 is 1.50 bits per heavy atom. The van der Waals surface area contributed by atoms with Crippen LogP contribution < -0.4 is 0 Å². The molecule has 0 aliphatic carbocycles. The van der Waals surface area contributed by atoms with Crippen LogP contribution >= 0.6 is 22.6 Å². The number of hydrogen-bond acceptors (Lipinski definition) is 1. The van der Waals surface area contributed by atoms with E-state index in [0.717, 1.165) is 9.26 Å². The van der Waals surface area contributed by atoms with Gasteiger partial charge < -0.3 is 0 Å². The molecule has 1 heterocycles. The molecule has 1 rings (SSSR count). The molecule has 0 amide bonds. The van der Waals surface area contributed by atoms with Crippen molar-refractivity contribution in [3.63, 3.8) is 0 Å². The summed E-state index contributed by atoms with van der Waals surface area (Å²) in [5.41, 5.74) is 1.16. The van der Waals surface area contributed by atoms with Crippen LogP contribution in [0.2, 0.25) is 0 Å². The maximum atomic E-state index is 4.13. The molecule has 0 aromatic carbocycles. The summed E-state index contributed by atoms with van der Waals surface area (Å²) in [6, 6.07) is 4.05. The van der Waals surface area contributed by atoms with Crippen LogP contribution in [0.3, 0.4) is 0 Å². The van der Waals surface area contributed by atoms with Crippen LogP contribution in [0.5, 0.6) is 0 Å². The van der Waals surface area contributed by atoms with E-state index in [1.54, 1.807) is 0 Å². The number of allylic oxidation sites excluding steroid dienone is 1. The molecule has 0 aliphatic heterocycles. The number of rotatable bonds is 1. The standard InChI is InChI=1S/C8H8IN/c1-2-3-7-4-5-8(9)10-6-7/h2-6H,1H3. The van der Waals surface area contributed by atoms with Crippen molar-refractivity contribution in [2.75, 3.05) is 0 Å². The first-order chi connectivity index (χ1) is 4.83. The first-order valence-corrected chi connectivity index (χ1v) is 4.15. The second-order valence-electron chi connectivity index (χ2n) is 1.91. The highest BCUT2D eigenvalue weighted by atomic mass is 127. The summed E-state index contributed by atoms with van der Waals surface area (Å²) in [6.07, 6.45) is 5.90. The fourth-order valence-electron chi connectivity index (χ4n) is 0.678. The lowest BCUT2D eigenvalue weighted by Gasteiger charge is -1.90. The van der Waals surface area contributed by atoms with Gasteiger partial charge in [0.15, 0.2) is 0 Å². The number of aromatic nitrogens is 1. The Morgan fingerprint density at radius 3 is 2.80 bits per heavy atom. The van der Waals surface area contributed by atoms with Crippen LogP contribution in [-0.2, 0) is 0 Å². The van der Waals surface area contributed by atoms with E-state index in [-0.39, 0.29) is 0 Å². The molecule has 0 N–H and O–H groups in total. The third-order valence-electron chi connectivity index (χ3n) is 1.11. The van der Waals surface area contributed by atoms with E-state index in [4.69, 9.17) is 0 Å². The van der Waals surface area contributed by atoms with Crippen molar-refractivity contribution >= 4 is 28.7 Å². The lowest BCUT2D eigenvalue weighted by atomic mass is 10.3. The summed E-state index contributed by atoms with van der Waals surface area (Å²) < 4.78 is 1.03. The average molecular weight is 245 g/mol. The predicted molar refractivity (Wildman–Crippen MR) is 51.7 cm³/mol. The van der Waals surface area contributed by atoms with Gasteiger partial charge in [-0.15, -0.1) is 0 Å². The molecule has 0 unspecified atom stereocenters. The minimum atomic E-state index is 1.03. The molecule has 10 heavy (non-hydrogen) atoms. The fraction of sp³-hybridized carbons (Fsp3) is 0.125. The van der Waals surface area contributed by atoms with Gasteiger partial charge in [-0.05, 0) is 41.1 Å². The van der Waals surface area contributed by atoms with Crippen LogP contribution in [0, 0.1) is 3.70 Å². The van der Waals surface area contributed by atoms with Crippen molar-refractivity contribution in [3.05, 3.63) is 33.7 Å². The fourth-order valence-corrected chi connectivity index (χ4v) is 0.997. The lowest BCUT2D eigenvalue weighted by molar-refractivity contribution is 1.26.